The molecule has 0 fully saturated rings. The molecule has 0 aromatic rings. The molecule has 0 aromatic heterocycles. The maximum Gasteiger partial charge on any atom is 0.311 e. The molecule has 0 amide bonds. The van der Waals surface area contributed by atoms with E-state index in [0.29, 0.717) is 0 Å². The Morgan fingerprint density at radius 3 is 1.30 bits per heavy atom. The van der Waals surface area contributed by atoms with E-state index in [1.807, 2.05) is 0 Å². The van der Waals surface area contributed by atoms with Crippen LogP contribution < -0.4 is 0 Å². The van der Waals surface area contributed by atoms with Crippen LogP contribution in [0.25, 0.3) is 0 Å². The fourth-order valence-electron chi connectivity index (χ4n) is 0.231. The van der Waals surface area contributed by atoms with Crippen LogP contribution in [0.2, 0.25) is 0 Å². The van der Waals surface area contributed by atoms with Crippen LogP contribution in [0.4, 0.5) is 0 Å². The molecule has 0 aliphatic rings. The van der Waals surface area contributed by atoms with Crippen LogP contribution >= 0.6 is 0 Å². The minimum atomic E-state index is -2.47. The zero-order valence-electron chi connectivity index (χ0n) is 4.76. The molecule has 0 N–H and O–H groups in total. The first-order valence-corrected chi connectivity index (χ1v) is 4.23. The molecular weight excluding hydrogens is 180 g/mol. The van der Waals surface area contributed by atoms with Crippen LogP contribution in [0, 0.1) is 0 Å². The Balaban J connectivity index is 3.81. The first-order valence-electron chi connectivity index (χ1n) is 2.16. The summed E-state index contributed by atoms with van der Waals surface area (Å²) in [6.45, 7) is -0.242. The summed E-state index contributed by atoms with van der Waals surface area (Å²) in [6.07, 6.45) is 0. The van der Waals surface area contributed by atoms with Gasteiger partial charge in [0.1, 0.15) is 0 Å². The van der Waals surface area contributed by atoms with E-state index in [1.165, 1.54) is 0 Å². The van der Waals surface area contributed by atoms with Gasteiger partial charge in [0.2, 0.25) is 0 Å². The molecule has 0 unspecified atom stereocenters. The highest BCUT2D eigenvalue weighted by molar-refractivity contribution is 7.61. The maximum atomic E-state index is 9.68. The molecule has 0 aliphatic carbocycles. The van der Waals surface area contributed by atoms with E-state index < -0.39 is 21.0 Å². The molecule has 0 saturated carbocycles. The Morgan fingerprint density at radius 1 is 0.800 bits per heavy atom. The lowest BCUT2D eigenvalue weighted by Gasteiger charge is -1.74. The number of rotatable bonds is 3. The Bertz CT molecular complexity index is 283. The normalized spacial score (nSPS) is 8.40. The maximum absolute atomic E-state index is 9.68. The van der Waals surface area contributed by atoms with E-state index in [4.69, 9.17) is 0 Å². The molecule has 0 rings (SSSR count). The second-order valence-corrected chi connectivity index (χ2v) is 2.52. The Labute approximate surface area is 60.3 Å². The van der Waals surface area contributed by atoms with Crippen molar-refractivity contribution in [2.24, 2.45) is 8.73 Å². The van der Waals surface area contributed by atoms with Gasteiger partial charge in [-0.05, 0) is 0 Å². The van der Waals surface area contributed by atoms with Crippen LogP contribution in [-0.4, -0.2) is 29.9 Å². The average molecular weight is 184 g/mol. The summed E-state index contributed by atoms with van der Waals surface area (Å²) in [5.41, 5.74) is 0. The zero-order valence-corrected chi connectivity index (χ0v) is 6.39. The molecule has 0 saturated heterocycles. The fraction of sp³-hybridized carbons (Fsp3) is 1.00. The predicted molar refractivity (Wildman–Crippen MR) is 32.4 cm³/mol. The van der Waals surface area contributed by atoms with E-state index >= 15 is 0 Å². The third-order valence-electron chi connectivity index (χ3n) is 0.493. The van der Waals surface area contributed by atoms with Crippen LogP contribution in [0.15, 0.2) is 8.73 Å². The van der Waals surface area contributed by atoms with Gasteiger partial charge >= 0.3 is 21.0 Å². The van der Waals surface area contributed by atoms with Crippen molar-refractivity contribution in [3.63, 3.8) is 0 Å². The van der Waals surface area contributed by atoms with Crippen molar-refractivity contribution in [2.45, 2.75) is 0 Å². The SMILES string of the molecule is O=S(=O)=NCCN=S(=O)=O. The van der Waals surface area contributed by atoms with Gasteiger partial charge in [0.05, 0.1) is 13.1 Å². The van der Waals surface area contributed by atoms with Crippen molar-refractivity contribution >= 4 is 21.0 Å². The summed E-state index contributed by atoms with van der Waals surface area (Å²) < 4.78 is 44.6. The summed E-state index contributed by atoms with van der Waals surface area (Å²) in [5, 5.41) is 0. The van der Waals surface area contributed by atoms with Gasteiger partial charge in [-0.25, -0.2) is 0 Å². The standard InChI is InChI=1S/C2H4N2O4S2/c5-9(6)3-1-2-4-10(7)8/h1-2H2. The highest BCUT2D eigenvalue weighted by Crippen LogP contribution is 1.71. The third kappa shape index (κ3) is 7.24. The van der Waals surface area contributed by atoms with Gasteiger partial charge in [0.15, 0.2) is 0 Å². The van der Waals surface area contributed by atoms with Gasteiger partial charge in [0, 0.05) is 0 Å². The van der Waals surface area contributed by atoms with Crippen molar-refractivity contribution in [1.29, 1.82) is 0 Å². The summed E-state index contributed by atoms with van der Waals surface area (Å²) in [4.78, 5) is 0. The number of hydrogen-bond acceptors (Lipinski definition) is 6. The lowest BCUT2D eigenvalue weighted by atomic mass is 10.7. The predicted octanol–water partition coefficient (Wildman–Crippen LogP) is -0.888. The van der Waals surface area contributed by atoms with E-state index in [1.54, 1.807) is 0 Å². The Kier molecular flexibility index (Phi) is 4.67. The van der Waals surface area contributed by atoms with Crippen molar-refractivity contribution in [2.75, 3.05) is 13.1 Å². The minimum Gasteiger partial charge on any atom is -0.170 e. The summed E-state index contributed by atoms with van der Waals surface area (Å²) in [7, 11) is -4.93. The molecule has 0 aromatic carbocycles. The molecule has 0 spiro atoms. The van der Waals surface area contributed by atoms with Crippen LogP contribution in [0.5, 0.6) is 0 Å². The van der Waals surface area contributed by atoms with Crippen LogP contribution in [-0.2, 0) is 21.0 Å². The third-order valence-corrected chi connectivity index (χ3v) is 1.28. The molecular formula is C2H4N2O4S2. The second-order valence-electron chi connectivity index (χ2n) is 1.14. The number of nitrogens with zero attached hydrogens (tertiary/aromatic N) is 2. The molecule has 10 heavy (non-hydrogen) atoms. The molecule has 0 heterocycles. The molecule has 6 nitrogen and oxygen atoms in total. The van der Waals surface area contributed by atoms with Gasteiger partial charge < -0.3 is 0 Å². The highest BCUT2D eigenvalue weighted by Gasteiger charge is 1.78. The Hall–Kier alpha value is -0.760. The zero-order chi connectivity index (χ0) is 7.98. The lowest BCUT2D eigenvalue weighted by Crippen LogP contribution is -1.83. The van der Waals surface area contributed by atoms with Crippen molar-refractivity contribution in [3.05, 3.63) is 0 Å². The van der Waals surface area contributed by atoms with Gasteiger partial charge in [-0.15, -0.1) is 0 Å². The monoisotopic (exact) mass is 184 g/mol. The first kappa shape index (κ1) is 9.24. The summed E-state index contributed by atoms with van der Waals surface area (Å²) >= 11 is 0. The van der Waals surface area contributed by atoms with Gasteiger partial charge in [0.25, 0.3) is 0 Å². The summed E-state index contributed by atoms with van der Waals surface area (Å²) in [5.74, 6) is 0. The second kappa shape index (κ2) is 5.06. The number of hydrogen-bond donors (Lipinski definition) is 0. The first-order chi connectivity index (χ1) is 4.63. The topological polar surface area (TPSA) is 93.0 Å². The van der Waals surface area contributed by atoms with Crippen molar-refractivity contribution < 1.29 is 16.8 Å². The minimum absolute atomic E-state index is 0.121. The molecule has 58 valence electrons. The summed E-state index contributed by atoms with van der Waals surface area (Å²) in [6, 6.07) is 0. The van der Waals surface area contributed by atoms with Crippen LogP contribution in [0.3, 0.4) is 0 Å². The van der Waals surface area contributed by atoms with Gasteiger partial charge in [-0.3, -0.25) is 0 Å². The van der Waals surface area contributed by atoms with E-state index in [-0.39, 0.29) is 13.1 Å². The quantitative estimate of drug-likeness (QED) is 0.532. The van der Waals surface area contributed by atoms with Gasteiger partial charge in [-0.2, -0.15) is 25.6 Å². The molecule has 8 heteroatoms. The molecule has 0 aliphatic heterocycles. The largest absolute Gasteiger partial charge is 0.311 e. The fourth-order valence-corrected chi connectivity index (χ4v) is 0.692. The van der Waals surface area contributed by atoms with Crippen LogP contribution in [0.1, 0.15) is 0 Å². The van der Waals surface area contributed by atoms with E-state index in [9.17, 15) is 16.8 Å². The average Bonchev–Trinajstić information content (AvgIpc) is 1.79. The molecule has 0 atom stereocenters. The highest BCUT2D eigenvalue weighted by atomic mass is 32.2. The van der Waals surface area contributed by atoms with E-state index in [2.05, 4.69) is 8.73 Å². The Morgan fingerprint density at radius 2 is 1.10 bits per heavy atom. The van der Waals surface area contributed by atoms with E-state index in [0.717, 1.165) is 0 Å². The van der Waals surface area contributed by atoms with Crippen molar-refractivity contribution in [3.8, 4) is 0 Å². The van der Waals surface area contributed by atoms with Gasteiger partial charge in [-0.1, -0.05) is 0 Å². The van der Waals surface area contributed by atoms with Crippen molar-refractivity contribution in [1.82, 2.24) is 0 Å². The molecule has 0 radical (unpaired) electrons. The molecule has 0 bridgehead atoms. The lowest BCUT2D eigenvalue weighted by molar-refractivity contribution is 0.616. The smallest absolute Gasteiger partial charge is 0.170 e.